The molecule has 166 valence electrons. The summed E-state index contributed by atoms with van der Waals surface area (Å²) < 4.78 is 21.0. The van der Waals surface area contributed by atoms with Crippen molar-refractivity contribution < 1.29 is 28.5 Å². The lowest BCUT2D eigenvalue weighted by atomic mass is 9.90. The van der Waals surface area contributed by atoms with E-state index >= 15 is 0 Å². The van der Waals surface area contributed by atoms with Gasteiger partial charge in [0.15, 0.2) is 11.5 Å². The predicted molar refractivity (Wildman–Crippen MR) is 115 cm³/mol. The van der Waals surface area contributed by atoms with Gasteiger partial charge in [-0.15, -0.1) is 0 Å². The van der Waals surface area contributed by atoms with Crippen molar-refractivity contribution in [2.45, 2.75) is 25.4 Å². The molecule has 0 saturated heterocycles. The van der Waals surface area contributed by atoms with Crippen molar-refractivity contribution in [1.82, 2.24) is 10.2 Å². The number of amides is 2. The molecule has 1 N–H and O–H groups in total. The standard InChI is InChI=1S/C23H28N2O6/c1-28-17-7-5-6-15(10-17)14-24-23(27)25-9-8-16-11-20(29-2)21(30-3)12-18(16)19(25)13-22(26)31-4/h5-7,10-12,19H,8-9,13-14H2,1-4H3,(H,24,27)/t19-/m0/s1. The Morgan fingerprint density at radius 2 is 1.77 bits per heavy atom. The highest BCUT2D eigenvalue weighted by atomic mass is 16.5. The van der Waals surface area contributed by atoms with E-state index in [1.165, 1.54) is 7.11 Å². The van der Waals surface area contributed by atoms with Crippen LogP contribution in [0.3, 0.4) is 0 Å². The molecule has 0 saturated carbocycles. The maximum Gasteiger partial charge on any atom is 0.318 e. The van der Waals surface area contributed by atoms with E-state index in [-0.39, 0.29) is 12.5 Å². The van der Waals surface area contributed by atoms with Gasteiger partial charge < -0.3 is 29.2 Å². The fraction of sp³-hybridized carbons (Fsp3) is 0.391. The minimum Gasteiger partial charge on any atom is -0.497 e. The number of fused-ring (bicyclic) bond motifs is 1. The smallest absolute Gasteiger partial charge is 0.318 e. The Kier molecular flexibility index (Phi) is 7.23. The van der Waals surface area contributed by atoms with Crippen LogP contribution in [0.15, 0.2) is 36.4 Å². The van der Waals surface area contributed by atoms with Gasteiger partial charge >= 0.3 is 12.0 Å². The summed E-state index contributed by atoms with van der Waals surface area (Å²) in [6.45, 7) is 0.810. The second-order valence-corrected chi connectivity index (χ2v) is 7.16. The third kappa shape index (κ3) is 5.02. The monoisotopic (exact) mass is 428 g/mol. The van der Waals surface area contributed by atoms with Crippen molar-refractivity contribution in [2.75, 3.05) is 35.0 Å². The molecule has 8 heteroatoms. The molecule has 0 radical (unpaired) electrons. The Labute approximate surface area is 182 Å². The molecule has 8 nitrogen and oxygen atoms in total. The number of hydrogen-bond acceptors (Lipinski definition) is 6. The lowest BCUT2D eigenvalue weighted by molar-refractivity contribution is -0.141. The molecule has 0 bridgehead atoms. The van der Waals surface area contributed by atoms with Gasteiger partial charge in [-0.3, -0.25) is 4.79 Å². The van der Waals surface area contributed by atoms with Gasteiger partial charge in [-0.2, -0.15) is 0 Å². The van der Waals surface area contributed by atoms with Crippen LogP contribution >= 0.6 is 0 Å². The largest absolute Gasteiger partial charge is 0.497 e. The molecule has 0 spiro atoms. The van der Waals surface area contributed by atoms with Gasteiger partial charge in [0.25, 0.3) is 0 Å². The van der Waals surface area contributed by atoms with Crippen molar-refractivity contribution in [3.05, 3.63) is 53.1 Å². The first kappa shape index (κ1) is 22.3. The van der Waals surface area contributed by atoms with E-state index in [2.05, 4.69) is 5.32 Å². The number of nitrogens with one attached hydrogen (secondary N) is 1. The van der Waals surface area contributed by atoms with Gasteiger partial charge in [-0.05, 0) is 47.4 Å². The molecule has 1 atom stereocenters. The SMILES string of the molecule is COC(=O)C[C@H]1c2cc(OC)c(OC)cc2CCN1C(=O)NCc1cccc(OC)c1. The normalized spacial score (nSPS) is 15.0. The Morgan fingerprint density at radius 3 is 2.45 bits per heavy atom. The number of methoxy groups -OCH3 is 4. The minimum atomic E-state index is -0.471. The van der Waals surface area contributed by atoms with Crippen LogP contribution in [0.25, 0.3) is 0 Å². The van der Waals surface area contributed by atoms with E-state index in [1.807, 2.05) is 36.4 Å². The average molecular weight is 428 g/mol. The maximum atomic E-state index is 13.1. The molecular formula is C23H28N2O6. The quantitative estimate of drug-likeness (QED) is 0.682. The second kappa shape index (κ2) is 10.1. The number of carbonyl (C=O) groups excluding carboxylic acids is 2. The van der Waals surface area contributed by atoms with E-state index in [1.54, 1.807) is 26.2 Å². The number of benzene rings is 2. The zero-order valence-electron chi connectivity index (χ0n) is 18.3. The molecule has 31 heavy (non-hydrogen) atoms. The molecule has 1 aliphatic heterocycles. The molecule has 1 heterocycles. The highest BCUT2D eigenvalue weighted by Gasteiger charge is 2.34. The van der Waals surface area contributed by atoms with E-state index in [0.29, 0.717) is 31.0 Å². The van der Waals surface area contributed by atoms with Crippen LogP contribution in [0.2, 0.25) is 0 Å². The van der Waals surface area contributed by atoms with Gasteiger partial charge in [0.2, 0.25) is 0 Å². The summed E-state index contributed by atoms with van der Waals surface area (Å²) in [6, 6.07) is 10.5. The van der Waals surface area contributed by atoms with Gasteiger partial charge in [-0.25, -0.2) is 4.79 Å². The van der Waals surface area contributed by atoms with Crippen LogP contribution < -0.4 is 19.5 Å². The summed E-state index contributed by atoms with van der Waals surface area (Å²) in [5.74, 6) is 1.50. The molecule has 1 aliphatic rings. The van der Waals surface area contributed by atoms with E-state index in [4.69, 9.17) is 18.9 Å². The number of esters is 1. The van der Waals surface area contributed by atoms with Crippen molar-refractivity contribution in [3.8, 4) is 17.2 Å². The highest BCUT2D eigenvalue weighted by molar-refractivity contribution is 5.77. The number of rotatable bonds is 7. The molecule has 0 aliphatic carbocycles. The lowest BCUT2D eigenvalue weighted by Crippen LogP contribution is -2.46. The molecule has 0 fully saturated rings. The highest BCUT2D eigenvalue weighted by Crippen LogP contribution is 2.39. The maximum absolute atomic E-state index is 13.1. The first-order valence-electron chi connectivity index (χ1n) is 9.99. The van der Waals surface area contributed by atoms with Crippen molar-refractivity contribution in [1.29, 1.82) is 0 Å². The minimum absolute atomic E-state index is 0.0472. The zero-order valence-corrected chi connectivity index (χ0v) is 18.3. The molecule has 2 amide bonds. The van der Waals surface area contributed by atoms with Crippen molar-refractivity contribution in [2.24, 2.45) is 0 Å². The topological polar surface area (TPSA) is 86.3 Å². The van der Waals surface area contributed by atoms with Gasteiger partial charge in [0, 0.05) is 13.1 Å². The number of hydrogen-bond donors (Lipinski definition) is 1. The Hall–Kier alpha value is -3.42. The van der Waals surface area contributed by atoms with Crippen molar-refractivity contribution >= 4 is 12.0 Å². The van der Waals surface area contributed by atoms with Crippen LogP contribution in [0, 0.1) is 0 Å². The first-order chi connectivity index (χ1) is 15.0. The predicted octanol–water partition coefficient (Wildman–Crippen LogP) is 3.08. The average Bonchev–Trinajstić information content (AvgIpc) is 2.81. The van der Waals surface area contributed by atoms with Crippen LogP contribution in [-0.4, -0.2) is 51.9 Å². The fourth-order valence-corrected chi connectivity index (χ4v) is 3.79. The summed E-state index contributed by atoms with van der Waals surface area (Å²) in [7, 11) is 6.08. The number of ether oxygens (including phenoxy) is 4. The zero-order chi connectivity index (χ0) is 22.4. The molecule has 0 unspecified atom stereocenters. The van der Waals surface area contributed by atoms with Gasteiger partial charge in [-0.1, -0.05) is 12.1 Å². The summed E-state index contributed by atoms with van der Waals surface area (Å²) >= 11 is 0. The number of urea groups is 1. The lowest BCUT2D eigenvalue weighted by Gasteiger charge is -2.37. The molecule has 2 aromatic rings. The van der Waals surface area contributed by atoms with Crippen LogP contribution in [0.1, 0.15) is 29.2 Å². The van der Waals surface area contributed by atoms with Crippen LogP contribution in [-0.2, 0) is 22.5 Å². The van der Waals surface area contributed by atoms with Crippen LogP contribution in [0.4, 0.5) is 4.79 Å². The summed E-state index contributed by atoms with van der Waals surface area (Å²) in [6.07, 6.45) is 0.686. The number of nitrogens with zero attached hydrogens (tertiary/aromatic N) is 1. The summed E-state index contributed by atoms with van der Waals surface area (Å²) in [4.78, 5) is 26.9. The van der Waals surface area contributed by atoms with Crippen LogP contribution in [0.5, 0.6) is 17.2 Å². The van der Waals surface area contributed by atoms with E-state index < -0.39 is 12.0 Å². The Bertz CT molecular complexity index is 946. The van der Waals surface area contributed by atoms with Gasteiger partial charge in [0.05, 0.1) is 40.9 Å². The van der Waals surface area contributed by atoms with E-state index in [9.17, 15) is 9.59 Å². The molecule has 2 aromatic carbocycles. The molecule has 3 rings (SSSR count). The molecule has 0 aromatic heterocycles. The summed E-state index contributed by atoms with van der Waals surface area (Å²) in [5, 5.41) is 2.95. The Morgan fingerprint density at radius 1 is 1.03 bits per heavy atom. The fourth-order valence-electron chi connectivity index (χ4n) is 3.79. The Balaban J connectivity index is 1.84. The molecular weight excluding hydrogens is 400 g/mol. The van der Waals surface area contributed by atoms with E-state index in [0.717, 1.165) is 22.4 Å². The first-order valence-corrected chi connectivity index (χ1v) is 9.99. The second-order valence-electron chi connectivity index (χ2n) is 7.16. The number of carbonyl (C=O) groups is 2. The van der Waals surface area contributed by atoms with Gasteiger partial charge in [0.1, 0.15) is 5.75 Å². The third-order valence-corrected chi connectivity index (χ3v) is 5.43. The van der Waals surface area contributed by atoms with Crippen molar-refractivity contribution in [3.63, 3.8) is 0 Å². The third-order valence-electron chi connectivity index (χ3n) is 5.43. The summed E-state index contributed by atoms with van der Waals surface area (Å²) in [5.41, 5.74) is 2.79.